The van der Waals surface area contributed by atoms with Crippen LogP contribution in [0.3, 0.4) is 0 Å². The predicted molar refractivity (Wildman–Crippen MR) is 121 cm³/mol. The number of hydrogen-bond donors (Lipinski definition) is 2. The van der Waals surface area contributed by atoms with E-state index in [1.807, 2.05) is 0 Å². The van der Waals surface area contributed by atoms with E-state index in [1.165, 1.54) is 12.1 Å². The van der Waals surface area contributed by atoms with Crippen molar-refractivity contribution in [3.8, 4) is 0 Å². The first kappa shape index (κ1) is 22.6. The van der Waals surface area contributed by atoms with E-state index in [9.17, 15) is 18.8 Å². The molecule has 7 nitrogen and oxygen atoms in total. The molecule has 1 saturated carbocycles. The second-order valence-electron chi connectivity index (χ2n) is 10.5. The Morgan fingerprint density at radius 1 is 1.19 bits per heavy atom. The van der Waals surface area contributed by atoms with Crippen LogP contribution in [0.4, 0.5) is 20.6 Å². The summed E-state index contributed by atoms with van der Waals surface area (Å²) in [7, 11) is 0. The van der Waals surface area contributed by atoms with E-state index >= 15 is 0 Å². The number of nitrogens with zero attached hydrogens (tertiary/aromatic N) is 2. The maximum absolute atomic E-state index is 13.9. The molecule has 8 heteroatoms. The van der Waals surface area contributed by atoms with Gasteiger partial charge in [0.15, 0.2) is 0 Å². The lowest BCUT2D eigenvalue weighted by molar-refractivity contribution is -0.136. The highest BCUT2D eigenvalue weighted by Crippen LogP contribution is 2.46. The summed E-state index contributed by atoms with van der Waals surface area (Å²) in [5.41, 5.74) is 0.0993. The minimum atomic E-state index is -0.948. The lowest BCUT2D eigenvalue weighted by atomic mass is 9.64. The van der Waals surface area contributed by atoms with Gasteiger partial charge in [0.1, 0.15) is 17.9 Å². The Balaban J connectivity index is 1.49. The van der Waals surface area contributed by atoms with Gasteiger partial charge in [-0.15, -0.1) is 0 Å². The fourth-order valence-electron chi connectivity index (χ4n) is 6.00. The molecule has 1 aromatic rings. The van der Waals surface area contributed by atoms with Crippen molar-refractivity contribution < 1.29 is 18.8 Å². The second kappa shape index (κ2) is 8.37. The lowest BCUT2D eigenvalue weighted by Crippen LogP contribution is -2.54. The Labute approximate surface area is 188 Å². The number of benzene rings is 1. The highest BCUT2D eigenvalue weighted by Gasteiger charge is 2.56. The average molecular weight is 445 g/mol. The zero-order chi connectivity index (χ0) is 23.1. The van der Waals surface area contributed by atoms with E-state index in [4.69, 9.17) is 0 Å². The molecule has 2 unspecified atom stereocenters. The molecule has 2 atom stereocenters. The van der Waals surface area contributed by atoms with Crippen LogP contribution in [0.1, 0.15) is 59.3 Å². The van der Waals surface area contributed by atoms with E-state index in [1.54, 1.807) is 6.07 Å². The first-order valence-electron chi connectivity index (χ1n) is 11.6. The van der Waals surface area contributed by atoms with Crippen LogP contribution in [0.25, 0.3) is 0 Å². The maximum Gasteiger partial charge on any atom is 0.325 e. The molecule has 0 radical (unpaired) electrons. The molecule has 32 heavy (non-hydrogen) atoms. The summed E-state index contributed by atoms with van der Waals surface area (Å²) in [4.78, 5) is 41.9. The van der Waals surface area contributed by atoms with Gasteiger partial charge < -0.3 is 15.5 Å². The normalized spacial score (nSPS) is 27.6. The van der Waals surface area contributed by atoms with Gasteiger partial charge in [-0.25, -0.2) is 9.18 Å². The van der Waals surface area contributed by atoms with Crippen LogP contribution in [-0.2, 0) is 9.59 Å². The molecule has 4 amide bonds. The molecule has 2 heterocycles. The molecule has 1 aliphatic carbocycles. The summed E-state index contributed by atoms with van der Waals surface area (Å²) in [5.74, 6) is -1.02. The number of urea groups is 1. The smallest absolute Gasteiger partial charge is 0.325 e. The number of amides is 4. The highest BCUT2D eigenvalue weighted by molar-refractivity contribution is 6.10. The minimum Gasteiger partial charge on any atom is -0.370 e. The van der Waals surface area contributed by atoms with E-state index in [2.05, 4.69) is 36.3 Å². The number of carbonyl (C=O) groups is 3. The van der Waals surface area contributed by atoms with Gasteiger partial charge in [-0.1, -0.05) is 20.8 Å². The van der Waals surface area contributed by atoms with Gasteiger partial charge in [0.25, 0.3) is 5.91 Å². The molecule has 0 aromatic heterocycles. The molecule has 3 aliphatic rings. The zero-order valence-electron chi connectivity index (χ0n) is 19.2. The van der Waals surface area contributed by atoms with Crippen molar-refractivity contribution in [1.82, 2.24) is 10.2 Å². The number of anilines is 2. The van der Waals surface area contributed by atoms with Crippen molar-refractivity contribution in [2.45, 2.75) is 64.8 Å². The first-order valence-corrected chi connectivity index (χ1v) is 11.6. The van der Waals surface area contributed by atoms with Gasteiger partial charge >= 0.3 is 6.03 Å². The molecular formula is C24H33FN4O3. The largest absolute Gasteiger partial charge is 0.370 e. The summed E-state index contributed by atoms with van der Waals surface area (Å²) < 4.78 is 13.9. The van der Waals surface area contributed by atoms with Gasteiger partial charge in [-0.2, -0.15) is 0 Å². The number of piperidine rings is 1. The Kier molecular flexibility index (Phi) is 5.90. The molecule has 1 aromatic carbocycles. The second-order valence-corrected chi connectivity index (χ2v) is 10.5. The number of carbonyl (C=O) groups excluding carboxylic acids is 3. The summed E-state index contributed by atoms with van der Waals surface area (Å²) in [5, 5.41) is 5.62. The quantitative estimate of drug-likeness (QED) is 0.691. The van der Waals surface area contributed by atoms with Crippen LogP contribution in [0.5, 0.6) is 0 Å². The van der Waals surface area contributed by atoms with Crippen molar-refractivity contribution in [1.29, 1.82) is 0 Å². The maximum atomic E-state index is 13.9. The molecule has 0 bridgehead atoms. The molecule has 2 N–H and O–H groups in total. The fraction of sp³-hybridized carbons (Fsp3) is 0.625. The summed E-state index contributed by atoms with van der Waals surface area (Å²) in [6, 6.07) is 3.81. The van der Waals surface area contributed by atoms with Crippen LogP contribution < -0.4 is 15.5 Å². The van der Waals surface area contributed by atoms with Gasteiger partial charge in [0.05, 0.1) is 11.4 Å². The van der Waals surface area contributed by atoms with Gasteiger partial charge in [-0.3, -0.25) is 14.5 Å². The van der Waals surface area contributed by atoms with Gasteiger partial charge in [0, 0.05) is 13.1 Å². The number of imide groups is 1. The van der Waals surface area contributed by atoms with Gasteiger partial charge in [0.2, 0.25) is 5.91 Å². The topological polar surface area (TPSA) is 81.8 Å². The van der Waals surface area contributed by atoms with Crippen molar-refractivity contribution in [3.05, 3.63) is 24.0 Å². The summed E-state index contributed by atoms with van der Waals surface area (Å²) in [6.45, 7) is 7.59. The minimum absolute atomic E-state index is 0.0796. The summed E-state index contributed by atoms with van der Waals surface area (Å²) in [6.07, 6.45) is 5.35. The predicted octanol–water partition coefficient (Wildman–Crippen LogP) is 3.89. The summed E-state index contributed by atoms with van der Waals surface area (Å²) >= 11 is 0. The van der Waals surface area contributed by atoms with Crippen molar-refractivity contribution in [2.24, 2.45) is 11.3 Å². The highest BCUT2D eigenvalue weighted by atomic mass is 19.1. The van der Waals surface area contributed by atoms with Crippen LogP contribution in [0.15, 0.2) is 18.2 Å². The van der Waals surface area contributed by atoms with Crippen LogP contribution >= 0.6 is 0 Å². The molecule has 1 spiro atoms. The molecule has 2 aliphatic heterocycles. The lowest BCUT2D eigenvalue weighted by Gasteiger charge is -2.43. The Morgan fingerprint density at radius 3 is 2.59 bits per heavy atom. The molecule has 4 rings (SSSR count). The number of hydrogen-bond acceptors (Lipinski definition) is 4. The van der Waals surface area contributed by atoms with Crippen molar-refractivity contribution in [3.63, 3.8) is 0 Å². The van der Waals surface area contributed by atoms with E-state index in [0.717, 1.165) is 49.4 Å². The Hall–Kier alpha value is -2.64. The third-order valence-electron chi connectivity index (χ3n) is 6.86. The Morgan fingerprint density at radius 2 is 1.91 bits per heavy atom. The number of halogens is 1. The monoisotopic (exact) mass is 444 g/mol. The number of rotatable bonds is 4. The van der Waals surface area contributed by atoms with E-state index in [0.29, 0.717) is 18.5 Å². The van der Waals surface area contributed by atoms with Crippen molar-refractivity contribution in [2.75, 3.05) is 29.9 Å². The fourth-order valence-corrected chi connectivity index (χ4v) is 6.00. The molecule has 2 saturated heterocycles. The zero-order valence-corrected chi connectivity index (χ0v) is 19.2. The SMILES string of the molecule is CC1CC(C)(C)CC2(C1)NC(=O)N(CC(=O)Nc1cc(F)ccc1N1CCCCC1)C2=O. The average Bonchev–Trinajstić information content (AvgIpc) is 2.90. The van der Waals surface area contributed by atoms with Crippen LogP contribution in [0, 0.1) is 17.2 Å². The van der Waals surface area contributed by atoms with Crippen LogP contribution in [0.2, 0.25) is 0 Å². The number of nitrogens with one attached hydrogen (secondary N) is 2. The third kappa shape index (κ3) is 4.45. The third-order valence-corrected chi connectivity index (χ3v) is 6.86. The molecule has 174 valence electrons. The Bertz CT molecular complexity index is 928. The standard InChI is InChI=1S/C24H33FN4O3/c1-16-12-23(2,3)15-24(13-16)21(31)29(22(32)27-24)14-20(30)26-18-11-17(25)7-8-19(18)28-9-5-4-6-10-28/h7-8,11,16H,4-6,9-10,12-15H2,1-3H3,(H,26,30)(H,27,32). The molecule has 3 fully saturated rings. The van der Waals surface area contributed by atoms with Crippen molar-refractivity contribution >= 4 is 29.2 Å². The van der Waals surface area contributed by atoms with Crippen LogP contribution in [-0.4, -0.2) is 47.9 Å². The van der Waals surface area contributed by atoms with E-state index < -0.39 is 29.8 Å². The van der Waals surface area contributed by atoms with E-state index in [-0.39, 0.29) is 17.2 Å². The molecular weight excluding hydrogens is 411 g/mol. The van der Waals surface area contributed by atoms with Gasteiger partial charge in [-0.05, 0) is 68.1 Å². The first-order chi connectivity index (χ1) is 15.1.